The minimum atomic E-state index is 0.621. The van der Waals surface area contributed by atoms with Crippen molar-refractivity contribution in [2.75, 3.05) is 6.54 Å². The number of nitrogens with zero attached hydrogens (tertiary/aromatic N) is 2. The molecule has 100 valence electrons. The molecule has 1 aromatic heterocycles. The van der Waals surface area contributed by atoms with Gasteiger partial charge in [-0.3, -0.25) is 0 Å². The van der Waals surface area contributed by atoms with E-state index in [-0.39, 0.29) is 0 Å². The van der Waals surface area contributed by atoms with E-state index in [0.717, 1.165) is 32.5 Å². The van der Waals surface area contributed by atoms with Crippen LogP contribution in [-0.2, 0) is 13.1 Å². The van der Waals surface area contributed by atoms with Gasteiger partial charge in [-0.1, -0.05) is 25.1 Å². The number of hydrogen-bond donors (Lipinski definition) is 1. The summed E-state index contributed by atoms with van der Waals surface area (Å²) in [7, 11) is 0. The largest absolute Gasteiger partial charge is 0.347 e. The molecule has 0 aliphatic rings. The molecular weight excluding hydrogens is 234 g/mol. The average Bonchev–Trinajstić information content (AvgIpc) is 2.84. The summed E-state index contributed by atoms with van der Waals surface area (Å²) in [6, 6.07) is 10.8. The molecule has 3 heteroatoms. The zero-order chi connectivity index (χ0) is 13.5. The standard InChI is InChI=1S/C16H21N3/c1-2-10-18-13-15-7-5-6-14-8-12-19(16(14)15)11-4-3-9-17/h5-8,12,18H,2-4,10-11,13H2,1H3. The third kappa shape index (κ3) is 3.36. The predicted octanol–water partition coefficient (Wildman–Crippen LogP) is 3.44. The molecule has 0 unspecified atom stereocenters. The van der Waals surface area contributed by atoms with Crippen molar-refractivity contribution in [3.8, 4) is 6.07 Å². The quantitative estimate of drug-likeness (QED) is 0.770. The van der Waals surface area contributed by atoms with Crippen LogP contribution in [0.25, 0.3) is 10.9 Å². The lowest BCUT2D eigenvalue weighted by molar-refractivity contribution is 0.657. The molecule has 1 aromatic carbocycles. The highest BCUT2D eigenvalue weighted by atomic mass is 15.0. The van der Waals surface area contributed by atoms with E-state index in [0.29, 0.717) is 6.42 Å². The summed E-state index contributed by atoms with van der Waals surface area (Å²) in [4.78, 5) is 0. The lowest BCUT2D eigenvalue weighted by Crippen LogP contribution is -2.14. The molecule has 0 spiro atoms. The van der Waals surface area contributed by atoms with Crippen molar-refractivity contribution in [3.63, 3.8) is 0 Å². The Balaban J connectivity index is 2.20. The Morgan fingerprint density at radius 3 is 3.00 bits per heavy atom. The Kier molecular flexibility index (Phi) is 5.00. The normalized spacial score (nSPS) is 10.7. The Labute approximate surface area is 114 Å². The van der Waals surface area contributed by atoms with E-state index in [1.54, 1.807) is 0 Å². The SMILES string of the molecule is CCCNCc1cccc2ccn(CCCC#N)c12. The Hall–Kier alpha value is -1.79. The monoisotopic (exact) mass is 255 g/mol. The molecule has 0 saturated carbocycles. The van der Waals surface area contributed by atoms with Crippen LogP contribution in [0.3, 0.4) is 0 Å². The van der Waals surface area contributed by atoms with Crippen LogP contribution >= 0.6 is 0 Å². The molecule has 2 rings (SSSR count). The first-order chi connectivity index (χ1) is 9.36. The summed E-state index contributed by atoms with van der Waals surface area (Å²) in [6.07, 6.45) is 4.82. The van der Waals surface area contributed by atoms with Gasteiger partial charge in [0.1, 0.15) is 0 Å². The molecule has 0 atom stereocenters. The maximum absolute atomic E-state index is 8.64. The van der Waals surface area contributed by atoms with Crippen molar-refractivity contribution in [1.82, 2.24) is 9.88 Å². The number of unbranched alkanes of at least 4 members (excludes halogenated alkanes) is 1. The number of nitriles is 1. The lowest BCUT2D eigenvalue weighted by Gasteiger charge is -2.10. The van der Waals surface area contributed by atoms with Crippen LogP contribution in [0.5, 0.6) is 0 Å². The highest BCUT2D eigenvalue weighted by molar-refractivity contribution is 5.83. The van der Waals surface area contributed by atoms with Crippen LogP contribution < -0.4 is 5.32 Å². The van der Waals surface area contributed by atoms with Gasteiger partial charge in [-0.2, -0.15) is 5.26 Å². The van der Waals surface area contributed by atoms with Crippen LogP contribution in [0.15, 0.2) is 30.5 Å². The minimum absolute atomic E-state index is 0.621. The summed E-state index contributed by atoms with van der Waals surface area (Å²) >= 11 is 0. The number of aryl methyl sites for hydroxylation is 1. The molecule has 0 bridgehead atoms. The average molecular weight is 255 g/mol. The number of nitrogens with one attached hydrogen (secondary N) is 1. The summed E-state index contributed by atoms with van der Waals surface area (Å²) in [5.74, 6) is 0. The predicted molar refractivity (Wildman–Crippen MR) is 78.8 cm³/mol. The van der Waals surface area contributed by atoms with Gasteiger partial charge in [0, 0.05) is 25.7 Å². The van der Waals surface area contributed by atoms with Crippen molar-refractivity contribution in [2.45, 2.75) is 39.3 Å². The molecule has 0 saturated heterocycles. The fourth-order valence-corrected chi connectivity index (χ4v) is 2.40. The summed E-state index contributed by atoms with van der Waals surface area (Å²) in [5, 5.41) is 13.4. The lowest BCUT2D eigenvalue weighted by atomic mass is 10.1. The van der Waals surface area contributed by atoms with Gasteiger partial charge in [-0.25, -0.2) is 0 Å². The Morgan fingerprint density at radius 2 is 2.21 bits per heavy atom. The molecule has 0 aliphatic heterocycles. The van der Waals surface area contributed by atoms with Crippen LogP contribution in [0.4, 0.5) is 0 Å². The Bertz CT molecular complexity index is 563. The summed E-state index contributed by atoms with van der Waals surface area (Å²) < 4.78 is 2.27. The molecule has 3 nitrogen and oxygen atoms in total. The van der Waals surface area contributed by atoms with Crippen LogP contribution in [-0.4, -0.2) is 11.1 Å². The van der Waals surface area contributed by atoms with Gasteiger partial charge in [0.25, 0.3) is 0 Å². The van der Waals surface area contributed by atoms with Crippen LogP contribution in [0, 0.1) is 11.3 Å². The van der Waals surface area contributed by atoms with E-state index in [1.807, 2.05) is 0 Å². The third-order valence-electron chi connectivity index (χ3n) is 3.30. The summed E-state index contributed by atoms with van der Waals surface area (Å²) in [5.41, 5.74) is 2.65. The molecule has 19 heavy (non-hydrogen) atoms. The van der Waals surface area contributed by atoms with Crippen LogP contribution in [0.1, 0.15) is 31.7 Å². The first-order valence-corrected chi connectivity index (χ1v) is 7.01. The topological polar surface area (TPSA) is 40.8 Å². The van der Waals surface area contributed by atoms with E-state index in [1.165, 1.54) is 16.5 Å². The maximum Gasteiger partial charge on any atom is 0.0622 e. The third-order valence-corrected chi connectivity index (χ3v) is 3.30. The molecule has 1 N–H and O–H groups in total. The van der Waals surface area contributed by atoms with Gasteiger partial charge in [0.05, 0.1) is 11.6 Å². The van der Waals surface area contributed by atoms with Gasteiger partial charge < -0.3 is 9.88 Å². The molecule has 2 aromatic rings. The highest BCUT2D eigenvalue weighted by Crippen LogP contribution is 2.21. The van der Waals surface area contributed by atoms with Gasteiger partial charge in [-0.05, 0) is 36.4 Å². The second-order valence-corrected chi connectivity index (χ2v) is 4.80. The fraction of sp³-hybridized carbons (Fsp3) is 0.438. The molecule has 1 heterocycles. The van der Waals surface area contributed by atoms with Crippen molar-refractivity contribution in [1.29, 1.82) is 5.26 Å². The van der Waals surface area contributed by atoms with E-state index >= 15 is 0 Å². The number of rotatable bonds is 7. The van der Waals surface area contributed by atoms with Crippen molar-refractivity contribution in [2.24, 2.45) is 0 Å². The van der Waals surface area contributed by atoms with Crippen molar-refractivity contribution >= 4 is 10.9 Å². The number of hydrogen-bond acceptors (Lipinski definition) is 2. The molecular formula is C16H21N3. The first-order valence-electron chi connectivity index (χ1n) is 7.01. The van der Waals surface area contributed by atoms with E-state index in [4.69, 9.17) is 5.26 Å². The molecule has 0 amide bonds. The molecule has 0 aliphatic carbocycles. The van der Waals surface area contributed by atoms with Crippen molar-refractivity contribution < 1.29 is 0 Å². The Morgan fingerprint density at radius 1 is 1.32 bits per heavy atom. The van der Waals surface area contributed by atoms with E-state index in [2.05, 4.69) is 53.3 Å². The van der Waals surface area contributed by atoms with Gasteiger partial charge in [0.15, 0.2) is 0 Å². The smallest absolute Gasteiger partial charge is 0.0622 e. The number of benzene rings is 1. The first kappa shape index (κ1) is 13.6. The minimum Gasteiger partial charge on any atom is -0.347 e. The number of aromatic nitrogens is 1. The van der Waals surface area contributed by atoms with Crippen molar-refractivity contribution in [3.05, 3.63) is 36.0 Å². The van der Waals surface area contributed by atoms with Gasteiger partial charge in [-0.15, -0.1) is 0 Å². The van der Waals surface area contributed by atoms with E-state index < -0.39 is 0 Å². The fourth-order valence-electron chi connectivity index (χ4n) is 2.40. The maximum atomic E-state index is 8.64. The molecule has 0 fully saturated rings. The number of para-hydroxylation sites is 1. The zero-order valence-corrected chi connectivity index (χ0v) is 11.5. The van der Waals surface area contributed by atoms with Gasteiger partial charge in [0.2, 0.25) is 0 Å². The molecule has 0 radical (unpaired) electrons. The van der Waals surface area contributed by atoms with E-state index in [9.17, 15) is 0 Å². The van der Waals surface area contributed by atoms with Gasteiger partial charge >= 0.3 is 0 Å². The second kappa shape index (κ2) is 6.96. The second-order valence-electron chi connectivity index (χ2n) is 4.80. The number of fused-ring (bicyclic) bond motifs is 1. The van der Waals surface area contributed by atoms with Crippen LogP contribution in [0.2, 0.25) is 0 Å². The summed E-state index contributed by atoms with van der Waals surface area (Å²) in [6.45, 7) is 5.05. The zero-order valence-electron chi connectivity index (χ0n) is 11.5. The highest BCUT2D eigenvalue weighted by Gasteiger charge is 2.06.